The van der Waals surface area contributed by atoms with Crippen LogP contribution in [0.15, 0.2) is 17.1 Å². The van der Waals surface area contributed by atoms with Crippen molar-refractivity contribution >= 4 is 11.7 Å². The molecular weight excluding hydrogens is 298 g/mol. The number of quaternary nitrogens is 1. The molecule has 0 aromatic rings. The van der Waals surface area contributed by atoms with Crippen LogP contribution in [-0.2, 0) is 4.79 Å². The summed E-state index contributed by atoms with van der Waals surface area (Å²) in [4.78, 5) is 16.2. The number of nitrogens with zero attached hydrogens (tertiary/aromatic N) is 2. The van der Waals surface area contributed by atoms with Crippen LogP contribution in [0.5, 0.6) is 0 Å². The summed E-state index contributed by atoms with van der Waals surface area (Å²) < 4.78 is 0.840. The molecule has 0 fully saturated rings. The van der Waals surface area contributed by atoms with Crippen LogP contribution in [0.3, 0.4) is 0 Å². The van der Waals surface area contributed by atoms with Crippen LogP contribution in [0.2, 0.25) is 0 Å². The van der Waals surface area contributed by atoms with E-state index < -0.39 is 0 Å². The lowest BCUT2D eigenvalue weighted by molar-refractivity contribution is -0.861. The Bertz CT molecular complexity index is 431. The second-order valence-electron chi connectivity index (χ2n) is 6.96. The number of allylic oxidation sites excluding steroid dienone is 2. The van der Waals surface area contributed by atoms with Crippen molar-refractivity contribution < 1.29 is 9.28 Å². The molecule has 1 rings (SSSR count). The Hall–Kier alpha value is -1.16. The van der Waals surface area contributed by atoms with Gasteiger partial charge in [0.05, 0.1) is 13.1 Å². The molecule has 0 aliphatic carbocycles. The zero-order valence-corrected chi connectivity index (χ0v) is 16.3. The third kappa shape index (κ3) is 6.39. The number of amides is 1. The highest BCUT2D eigenvalue weighted by atomic mass is 16.1. The number of likely N-dealkylation sites (N-methyl/N-ethyl adjacent to an activating group) is 1. The topological polar surface area (TPSA) is 41.5 Å². The smallest absolute Gasteiger partial charge is 0.221 e. The van der Waals surface area contributed by atoms with Crippen molar-refractivity contribution in [3.8, 4) is 0 Å². The molecule has 0 saturated heterocycles. The van der Waals surface area contributed by atoms with Crippen molar-refractivity contribution in [2.24, 2.45) is 4.99 Å². The third-order valence-electron chi connectivity index (χ3n) is 5.19. The lowest BCUT2D eigenvalue weighted by atomic mass is 10.1. The molecule has 138 valence electrons. The Balaban J connectivity index is 2.36. The molecule has 1 aliphatic heterocycles. The van der Waals surface area contributed by atoms with Gasteiger partial charge in [-0.15, -0.1) is 0 Å². The molecule has 24 heavy (non-hydrogen) atoms. The molecule has 0 bridgehead atoms. The van der Waals surface area contributed by atoms with Crippen LogP contribution < -0.4 is 5.32 Å². The van der Waals surface area contributed by atoms with E-state index in [1.807, 2.05) is 0 Å². The normalized spacial score (nSPS) is 21.9. The van der Waals surface area contributed by atoms with Gasteiger partial charge in [-0.1, -0.05) is 31.9 Å². The van der Waals surface area contributed by atoms with Crippen LogP contribution in [0.1, 0.15) is 79.1 Å². The van der Waals surface area contributed by atoms with Gasteiger partial charge in [-0.3, -0.25) is 9.28 Å². The number of carbonyl (C=O) groups excluding carboxylic acids is 1. The van der Waals surface area contributed by atoms with Gasteiger partial charge in [-0.2, -0.15) is 0 Å². The fourth-order valence-corrected chi connectivity index (χ4v) is 3.67. The predicted molar refractivity (Wildman–Crippen MR) is 103 cm³/mol. The van der Waals surface area contributed by atoms with E-state index in [0.29, 0.717) is 0 Å². The summed E-state index contributed by atoms with van der Waals surface area (Å²) in [7, 11) is 0. The van der Waals surface area contributed by atoms with Crippen molar-refractivity contribution in [2.45, 2.75) is 85.2 Å². The second-order valence-corrected chi connectivity index (χ2v) is 6.96. The average molecular weight is 337 g/mol. The Morgan fingerprint density at radius 1 is 1.21 bits per heavy atom. The van der Waals surface area contributed by atoms with Gasteiger partial charge >= 0.3 is 0 Å². The Labute approximate surface area is 149 Å². The lowest BCUT2D eigenvalue weighted by Gasteiger charge is -2.39. The van der Waals surface area contributed by atoms with E-state index in [4.69, 9.17) is 4.99 Å². The highest BCUT2D eigenvalue weighted by molar-refractivity contribution is 5.78. The van der Waals surface area contributed by atoms with Gasteiger partial charge in [-0.05, 0) is 39.0 Å². The zero-order valence-electron chi connectivity index (χ0n) is 16.3. The molecule has 0 radical (unpaired) electrons. The third-order valence-corrected chi connectivity index (χ3v) is 5.19. The van der Waals surface area contributed by atoms with E-state index in [0.717, 1.165) is 30.5 Å². The highest BCUT2D eigenvalue weighted by Gasteiger charge is 2.41. The van der Waals surface area contributed by atoms with Crippen molar-refractivity contribution in [2.75, 3.05) is 19.6 Å². The van der Waals surface area contributed by atoms with Gasteiger partial charge in [0, 0.05) is 20.3 Å². The minimum absolute atomic E-state index is 0.0490. The second kappa shape index (κ2) is 11.4. The summed E-state index contributed by atoms with van der Waals surface area (Å²) in [6.45, 7) is 11.1. The number of aliphatic imine (C=N–C) groups is 1. The minimum Gasteiger partial charge on any atom is -0.307 e. The van der Waals surface area contributed by atoms with Crippen molar-refractivity contribution in [1.82, 2.24) is 5.32 Å². The first kappa shape index (κ1) is 20.9. The standard InChI is InChI=1S/C20H37N3O/c1-5-7-8-9-10-11-12-13-14-15-20-21-16-17-23(20,6-2)18(3)22-19(4)24/h10-11,18H,5-9,12-17H2,1-4H3/p+1/b11-10+. The van der Waals surface area contributed by atoms with Crippen molar-refractivity contribution in [1.29, 1.82) is 0 Å². The van der Waals surface area contributed by atoms with Gasteiger partial charge in [0.1, 0.15) is 6.54 Å². The fraction of sp³-hybridized carbons (Fsp3) is 0.800. The number of unbranched alkanes of at least 4 members (excludes halogenated alkanes) is 5. The quantitative estimate of drug-likeness (QED) is 0.320. The number of rotatable bonds is 12. The van der Waals surface area contributed by atoms with E-state index >= 15 is 0 Å². The molecule has 2 atom stereocenters. The number of nitrogens with one attached hydrogen (secondary N) is 1. The van der Waals surface area contributed by atoms with Gasteiger partial charge < -0.3 is 5.32 Å². The SMILES string of the molecule is CCCCC/C=C/CCCCC1=NCC[N+]1(CC)C(C)NC(C)=O. The zero-order chi connectivity index (χ0) is 17.8. The molecule has 4 heteroatoms. The molecule has 1 aliphatic rings. The van der Waals surface area contributed by atoms with Gasteiger partial charge in [-0.25, -0.2) is 4.99 Å². The van der Waals surface area contributed by atoms with E-state index in [2.05, 4.69) is 38.2 Å². The largest absolute Gasteiger partial charge is 0.307 e. The molecule has 4 nitrogen and oxygen atoms in total. The van der Waals surface area contributed by atoms with E-state index in [1.165, 1.54) is 50.8 Å². The highest BCUT2D eigenvalue weighted by Crippen LogP contribution is 2.22. The molecule has 1 amide bonds. The number of hydrogen-bond donors (Lipinski definition) is 1. The molecule has 0 aromatic heterocycles. The number of amidine groups is 1. The predicted octanol–water partition coefficient (Wildman–Crippen LogP) is 4.41. The Kier molecular flexibility index (Phi) is 9.92. The lowest BCUT2D eigenvalue weighted by Crippen LogP contribution is -2.62. The van der Waals surface area contributed by atoms with Crippen LogP contribution in [0.25, 0.3) is 0 Å². The van der Waals surface area contributed by atoms with Crippen molar-refractivity contribution in [3.05, 3.63) is 12.2 Å². The maximum atomic E-state index is 11.4. The first-order valence-electron chi connectivity index (χ1n) is 9.89. The molecule has 0 saturated carbocycles. The number of hydrogen-bond acceptors (Lipinski definition) is 2. The van der Waals surface area contributed by atoms with Crippen LogP contribution in [0, 0.1) is 0 Å². The van der Waals surface area contributed by atoms with Crippen LogP contribution in [0.4, 0.5) is 0 Å². The maximum Gasteiger partial charge on any atom is 0.221 e. The summed E-state index contributed by atoms with van der Waals surface area (Å²) in [5.74, 6) is 1.33. The summed E-state index contributed by atoms with van der Waals surface area (Å²) in [6, 6.07) is 0. The fourth-order valence-electron chi connectivity index (χ4n) is 3.67. The van der Waals surface area contributed by atoms with Crippen LogP contribution in [-0.4, -0.2) is 42.0 Å². The van der Waals surface area contributed by atoms with Crippen LogP contribution >= 0.6 is 0 Å². The average Bonchev–Trinajstić information content (AvgIpc) is 2.97. The maximum absolute atomic E-state index is 11.4. The summed E-state index contributed by atoms with van der Waals surface area (Å²) in [6.07, 6.45) is 14.6. The summed E-state index contributed by atoms with van der Waals surface area (Å²) in [5, 5.41) is 3.08. The molecule has 0 aromatic carbocycles. The van der Waals surface area contributed by atoms with Gasteiger partial charge in [0.25, 0.3) is 0 Å². The van der Waals surface area contributed by atoms with Gasteiger partial charge in [0.15, 0.2) is 12.0 Å². The Morgan fingerprint density at radius 2 is 1.88 bits per heavy atom. The van der Waals surface area contributed by atoms with E-state index in [-0.39, 0.29) is 12.1 Å². The number of carbonyl (C=O) groups is 1. The summed E-state index contributed by atoms with van der Waals surface area (Å²) in [5.41, 5.74) is 0. The summed E-state index contributed by atoms with van der Waals surface area (Å²) >= 11 is 0. The Morgan fingerprint density at radius 3 is 2.46 bits per heavy atom. The first-order valence-corrected chi connectivity index (χ1v) is 9.89. The van der Waals surface area contributed by atoms with E-state index in [9.17, 15) is 4.79 Å². The molecular formula is C20H38N3O+. The van der Waals surface area contributed by atoms with Crippen molar-refractivity contribution in [3.63, 3.8) is 0 Å². The molecule has 2 unspecified atom stereocenters. The monoisotopic (exact) mass is 336 g/mol. The molecule has 1 N–H and O–H groups in total. The van der Waals surface area contributed by atoms with E-state index in [1.54, 1.807) is 6.92 Å². The van der Waals surface area contributed by atoms with Gasteiger partial charge in [0.2, 0.25) is 5.91 Å². The molecule has 1 heterocycles. The first-order chi connectivity index (χ1) is 11.6. The minimum atomic E-state index is 0.0490. The molecule has 0 spiro atoms.